The fraction of sp³-hybridized carbons (Fsp3) is 0.643. The zero-order valence-electron chi connectivity index (χ0n) is 11.5. The van der Waals surface area contributed by atoms with Gasteiger partial charge in [0.2, 0.25) is 5.91 Å². The van der Waals surface area contributed by atoms with Crippen LogP contribution in [0.15, 0.2) is 12.1 Å². The summed E-state index contributed by atoms with van der Waals surface area (Å²) in [6.45, 7) is 2.97. The maximum Gasteiger partial charge on any atom is 0.228 e. The van der Waals surface area contributed by atoms with Crippen LogP contribution in [0, 0.1) is 5.92 Å². The summed E-state index contributed by atoms with van der Waals surface area (Å²) in [4.78, 5) is 12.0. The molecular formula is C14H22N4O. The summed E-state index contributed by atoms with van der Waals surface area (Å²) in [7, 11) is 0. The fourth-order valence-corrected chi connectivity index (χ4v) is 2.34. The summed E-state index contributed by atoms with van der Waals surface area (Å²) >= 11 is 0. The van der Waals surface area contributed by atoms with Crippen LogP contribution >= 0.6 is 0 Å². The number of hydrogen-bond donors (Lipinski definition) is 2. The van der Waals surface area contributed by atoms with Crippen molar-refractivity contribution < 1.29 is 4.79 Å². The summed E-state index contributed by atoms with van der Waals surface area (Å²) < 4.78 is 0. The number of hydrogen-bond acceptors (Lipinski definition) is 4. The molecule has 0 radical (unpaired) electrons. The Hall–Kier alpha value is -1.65. The number of aromatic nitrogens is 2. The van der Waals surface area contributed by atoms with Gasteiger partial charge in [-0.15, -0.1) is 10.2 Å². The van der Waals surface area contributed by atoms with Crippen molar-refractivity contribution in [2.24, 2.45) is 5.92 Å². The second kappa shape index (κ2) is 7.07. The number of carbonyl (C=O) groups is 1. The monoisotopic (exact) mass is 262 g/mol. The van der Waals surface area contributed by atoms with Gasteiger partial charge in [0.15, 0.2) is 5.82 Å². The van der Waals surface area contributed by atoms with Gasteiger partial charge in [0, 0.05) is 12.5 Å². The molecule has 0 spiro atoms. The molecule has 2 N–H and O–H groups in total. The first-order valence-electron chi connectivity index (χ1n) is 7.18. The molecule has 1 aromatic rings. The highest BCUT2D eigenvalue weighted by atomic mass is 16.1. The number of amides is 1. The predicted molar refractivity (Wildman–Crippen MR) is 76.0 cm³/mol. The minimum Gasteiger partial charge on any atom is -0.369 e. The lowest BCUT2D eigenvalue weighted by Gasteiger charge is -2.20. The third-order valence-corrected chi connectivity index (χ3v) is 3.45. The van der Waals surface area contributed by atoms with Crippen LogP contribution < -0.4 is 10.6 Å². The molecular weight excluding hydrogens is 240 g/mol. The highest BCUT2D eigenvalue weighted by Gasteiger charge is 2.21. The highest BCUT2D eigenvalue weighted by Crippen LogP contribution is 2.24. The molecule has 1 aromatic heterocycles. The van der Waals surface area contributed by atoms with E-state index in [9.17, 15) is 4.79 Å². The lowest BCUT2D eigenvalue weighted by Crippen LogP contribution is -2.25. The molecule has 1 heterocycles. The van der Waals surface area contributed by atoms with Gasteiger partial charge >= 0.3 is 0 Å². The highest BCUT2D eigenvalue weighted by molar-refractivity contribution is 5.91. The third kappa shape index (κ3) is 4.19. The standard InChI is InChI=1S/C14H22N4O/c1-2-10-15-12-8-9-13(18-17-12)16-14(19)11-6-4-3-5-7-11/h8-9,11H,2-7,10H2,1H3,(H,15,17)(H,16,18,19). The molecule has 5 nitrogen and oxygen atoms in total. The van der Waals surface area contributed by atoms with Crippen LogP contribution in [0.1, 0.15) is 45.4 Å². The molecule has 1 aliphatic carbocycles. The zero-order valence-corrected chi connectivity index (χ0v) is 11.5. The van der Waals surface area contributed by atoms with Gasteiger partial charge in [-0.1, -0.05) is 26.2 Å². The van der Waals surface area contributed by atoms with Crippen LogP contribution in [0.4, 0.5) is 11.6 Å². The number of carbonyl (C=O) groups excluding carboxylic acids is 1. The SMILES string of the molecule is CCCNc1ccc(NC(=O)C2CCCCC2)nn1. The van der Waals surface area contributed by atoms with Crippen molar-refractivity contribution in [3.8, 4) is 0 Å². The fourth-order valence-electron chi connectivity index (χ4n) is 2.34. The summed E-state index contributed by atoms with van der Waals surface area (Å²) in [6.07, 6.45) is 6.60. The van der Waals surface area contributed by atoms with Gasteiger partial charge < -0.3 is 10.6 Å². The summed E-state index contributed by atoms with van der Waals surface area (Å²) in [6, 6.07) is 3.64. The summed E-state index contributed by atoms with van der Waals surface area (Å²) in [5.41, 5.74) is 0. The average molecular weight is 262 g/mol. The van der Waals surface area contributed by atoms with Gasteiger partial charge in [0.1, 0.15) is 5.82 Å². The second-order valence-corrected chi connectivity index (χ2v) is 5.05. The first-order chi connectivity index (χ1) is 9.29. The third-order valence-electron chi connectivity index (χ3n) is 3.45. The Morgan fingerprint density at radius 1 is 1.21 bits per heavy atom. The van der Waals surface area contributed by atoms with Crippen molar-refractivity contribution in [2.75, 3.05) is 17.2 Å². The normalized spacial score (nSPS) is 16.1. The molecule has 1 saturated carbocycles. The van der Waals surface area contributed by atoms with Gasteiger partial charge in [-0.25, -0.2) is 0 Å². The van der Waals surface area contributed by atoms with E-state index < -0.39 is 0 Å². The number of rotatable bonds is 5. The van der Waals surface area contributed by atoms with Gasteiger partial charge in [-0.05, 0) is 31.4 Å². The van der Waals surface area contributed by atoms with Crippen molar-refractivity contribution in [2.45, 2.75) is 45.4 Å². The van der Waals surface area contributed by atoms with E-state index in [1.165, 1.54) is 6.42 Å². The molecule has 0 atom stereocenters. The Bertz CT molecular complexity index is 398. The lowest BCUT2D eigenvalue weighted by atomic mass is 9.89. The molecule has 0 saturated heterocycles. The lowest BCUT2D eigenvalue weighted by molar-refractivity contribution is -0.120. The number of anilines is 2. The minimum absolute atomic E-state index is 0.0864. The van der Waals surface area contributed by atoms with E-state index in [1.807, 2.05) is 6.07 Å². The molecule has 104 valence electrons. The van der Waals surface area contributed by atoms with E-state index in [1.54, 1.807) is 6.07 Å². The van der Waals surface area contributed by atoms with E-state index in [0.717, 1.165) is 44.5 Å². The molecule has 2 rings (SSSR count). The van der Waals surface area contributed by atoms with Crippen molar-refractivity contribution >= 4 is 17.5 Å². The topological polar surface area (TPSA) is 66.9 Å². The predicted octanol–water partition coefficient (Wildman–Crippen LogP) is 2.82. The van der Waals surface area contributed by atoms with Gasteiger partial charge in [0.25, 0.3) is 0 Å². The molecule has 1 aliphatic rings. The Labute approximate surface area is 114 Å². The molecule has 0 bridgehead atoms. The maximum atomic E-state index is 12.0. The van der Waals surface area contributed by atoms with E-state index in [-0.39, 0.29) is 11.8 Å². The first-order valence-corrected chi connectivity index (χ1v) is 7.18. The van der Waals surface area contributed by atoms with E-state index in [2.05, 4.69) is 27.8 Å². The Kier molecular flexibility index (Phi) is 5.12. The van der Waals surface area contributed by atoms with Crippen molar-refractivity contribution in [3.05, 3.63) is 12.1 Å². The number of nitrogens with one attached hydrogen (secondary N) is 2. The Morgan fingerprint density at radius 3 is 2.53 bits per heavy atom. The van der Waals surface area contributed by atoms with Crippen molar-refractivity contribution in [1.82, 2.24) is 10.2 Å². The van der Waals surface area contributed by atoms with Crippen LogP contribution in [0.25, 0.3) is 0 Å². The van der Waals surface area contributed by atoms with Crippen LogP contribution in [-0.4, -0.2) is 22.6 Å². The summed E-state index contributed by atoms with van der Waals surface area (Å²) in [5.74, 6) is 1.52. The molecule has 0 aromatic carbocycles. The largest absolute Gasteiger partial charge is 0.369 e. The van der Waals surface area contributed by atoms with Crippen LogP contribution in [0.3, 0.4) is 0 Å². The van der Waals surface area contributed by atoms with Gasteiger partial charge in [0.05, 0.1) is 0 Å². The average Bonchev–Trinajstić information content (AvgIpc) is 2.47. The second-order valence-electron chi connectivity index (χ2n) is 5.05. The molecule has 0 aliphatic heterocycles. The Balaban J connectivity index is 1.86. The Morgan fingerprint density at radius 2 is 1.89 bits per heavy atom. The molecule has 1 amide bonds. The number of nitrogens with zero attached hydrogens (tertiary/aromatic N) is 2. The minimum atomic E-state index is 0.0864. The first kappa shape index (κ1) is 13.8. The molecule has 0 unspecified atom stereocenters. The van der Waals surface area contributed by atoms with Gasteiger partial charge in [-0.2, -0.15) is 0 Å². The van der Waals surface area contributed by atoms with Crippen molar-refractivity contribution in [1.29, 1.82) is 0 Å². The van der Waals surface area contributed by atoms with Crippen LogP contribution in [0.5, 0.6) is 0 Å². The maximum absolute atomic E-state index is 12.0. The molecule has 5 heteroatoms. The summed E-state index contributed by atoms with van der Waals surface area (Å²) in [5, 5.41) is 14.1. The van der Waals surface area contributed by atoms with Crippen LogP contribution in [-0.2, 0) is 4.79 Å². The van der Waals surface area contributed by atoms with E-state index >= 15 is 0 Å². The van der Waals surface area contributed by atoms with Gasteiger partial charge in [-0.3, -0.25) is 4.79 Å². The quantitative estimate of drug-likeness (QED) is 0.856. The van der Waals surface area contributed by atoms with Crippen molar-refractivity contribution in [3.63, 3.8) is 0 Å². The van der Waals surface area contributed by atoms with E-state index in [4.69, 9.17) is 0 Å². The zero-order chi connectivity index (χ0) is 13.5. The smallest absolute Gasteiger partial charge is 0.228 e. The molecule has 1 fully saturated rings. The van der Waals surface area contributed by atoms with Crippen LogP contribution in [0.2, 0.25) is 0 Å². The molecule has 19 heavy (non-hydrogen) atoms. The van der Waals surface area contributed by atoms with E-state index in [0.29, 0.717) is 5.82 Å².